The van der Waals surface area contributed by atoms with Crippen molar-refractivity contribution in [3.8, 4) is 0 Å². The lowest BCUT2D eigenvalue weighted by atomic mass is 9.82. The van der Waals surface area contributed by atoms with Crippen LogP contribution in [-0.4, -0.2) is 47.3 Å². The second-order valence-electron chi connectivity index (χ2n) is 7.06. The smallest absolute Gasteiger partial charge is 0.254 e. The van der Waals surface area contributed by atoms with Crippen LogP contribution in [0.15, 0.2) is 54.6 Å². The van der Waals surface area contributed by atoms with Crippen molar-refractivity contribution >= 4 is 11.8 Å². The number of piperidine rings is 1. The molecule has 2 aliphatic heterocycles. The van der Waals surface area contributed by atoms with Crippen LogP contribution in [0.5, 0.6) is 0 Å². The molecule has 0 radical (unpaired) electrons. The number of carbonyl (C=O) groups is 2. The van der Waals surface area contributed by atoms with Crippen LogP contribution in [0.4, 0.5) is 0 Å². The summed E-state index contributed by atoms with van der Waals surface area (Å²) in [6.07, 6.45) is 0.862. The fourth-order valence-electron chi connectivity index (χ4n) is 3.90. The second kappa shape index (κ2) is 6.36. The van der Waals surface area contributed by atoms with Crippen LogP contribution in [0, 0.1) is 12.8 Å². The van der Waals surface area contributed by atoms with E-state index in [0.717, 1.165) is 36.2 Å². The van der Waals surface area contributed by atoms with Crippen molar-refractivity contribution in [1.82, 2.24) is 9.80 Å². The highest BCUT2D eigenvalue weighted by Crippen LogP contribution is 2.34. The van der Waals surface area contributed by atoms with Gasteiger partial charge < -0.3 is 9.80 Å². The Balaban J connectivity index is 1.39. The summed E-state index contributed by atoms with van der Waals surface area (Å²) in [7, 11) is 0. The molecule has 2 aromatic rings. The second-order valence-corrected chi connectivity index (χ2v) is 7.06. The highest BCUT2D eigenvalue weighted by atomic mass is 16.2. The Bertz CT molecular complexity index is 785. The standard InChI is InChI=1S/C21H22N2O2/c1-15-7-9-17(10-8-15)20(24)22-12-11-19-18(13-22)14-23(19)21(25)16-5-3-2-4-6-16/h2-10,18-19H,11-14H2,1H3/t18-,19-/m1/s1. The minimum Gasteiger partial charge on any atom is -0.338 e. The van der Waals surface area contributed by atoms with E-state index in [4.69, 9.17) is 0 Å². The van der Waals surface area contributed by atoms with Crippen LogP contribution < -0.4 is 0 Å². The van der Waals surface area contributed by atoms with Gasteiger partial charge in [-0.2, -0.15) is 0 Å². The first-order valence-corrected chi connectivity index (χ1v) is 8.85. The summed E-state index contributed by atoms with van der Waals surface area (Å²) in [5, 5.41) is 0. The molecule has 25 heavy (non-hydrogen) atoms. The molecule has 0 aromatic heterocycles. The lowest BCUT2D eigenvalue weighted by molar-refractivity contribution is -0.0225. The SMILES string of the molecule is Cc1ccc(C(=O)N2CC[C@@H]3[C@H](C2)CN3C(=O)c2ccccc2)cc1. The van der Waals surface area contributed by atoms with Crippen molar-refractivity contribution in [2.24, 2.45) is 5.92 Å². The number of likely N-dealkylation sites (tertiary alicyclic amines) is 2. The average molecular weight is 334 g/mol. The van der Waals surface area contributed by atoms with Crippen molar-refractivity contribution < 1.29 is 9.59 Å². The topological polar surface area (TPSA) is 40.6 Å². The van der Waals surface area contributed by atoms with Crippen molar-refractivity contribution in [2.45, 2.75) is 19.4 Å². The molecule has 4 heteroatoms. The summed E-state index contributed by atoms with van der Waals surface area (Å²) in [4.78, 5) is 29.2. The highest BCUT2D eigenvalue weighted by molar-refractivity contribution is 5.96. The Morgan fingerprint density at radius 3 is 2.24 bits per heavy atom. The van der Waals surface area contributed by atoms with Crippen molar-refractivity contribution in [3.05, 3.63) is 71.3 Å². The van der Waals surface area contributed by atoms with Crippen LogP contribution >= 0.6 is 0 Å². The maximum Gasteiger partial charge on any atom is 0.254 e. The van der Waals surface area contributed by atoms with Crippen LogP contribution in [0.1, 0.15) is 32.7 Å². The van der Waals surface area contributed by atoms with Crippen molar-refractivity contribution in [1.29, 1.82) is 0 Å². The Kier molecular flexibility index (Phi) is 4.04. The number of carbonyl (C=O) groups excluding carboxylic acids is 2. The number of amides is 2. The molecule has 4 rings (SSSR count). The molecule has 2 saturated heterocycles. The zero-order valence-corrected chi connectivity index (χ0v) is 14.4. The Hall–Kier alpha value is -2.62. The van der Waals surface area contributed by atoms with Crippen LogP contribution in [-0.2, 0) is 0 Å². The molecular weight excluding hydrogens is 312 g/mol. The molecule has 0 spiro atoms. The molecule has 2 atom stereocenters. The zero-order chi connectivity index (χ0) is 17.4. The van der Waals surface area contributed by atoms with Crippen LogP contribution in [0.3, 0.4) is 0 Å². The fraction of sp³-hybridized carbons (Fsp3) is 0.333. The molecule has 2 heterocycles. The van der Waals surface area contributed by atoms with E-state index in [1.54, 1.807) is 0 Å². The van der Waals surface area contributed by atoms with Gasteiger partial charge in [0, 0.05) is 42.7 Å². The van der Waals surface area contributed by atoms with Gasteiger partial charge in [0.25, 0.3) is 11.8 Å². The van der Waals surface area contributed by atoms with E-state index in [1.807, 2.05) is 71.3 Å². The normalized spacial score (nSPS) is 22.1. The summed E-state index contributed by atoms with van der Waals surface area (Å²) in [5.74, 6) is 0.613. The van der Waals surface area contributed by atoms with Gasteiger partial charge in [0.15, 0.2) is 0 Å². The largest absolute Gasteiger partial charge is 0.338 e. The van der Waals surface area contributed by atoms with Gasteiger partial charge in [-0.1, -0.05) is 35.9 Å². The van der Waals surface area contributed by atoms with E-state index in [0.29, 0.717) is 12.5 Å². The van der Waals surface area contributed by atoms with E-state index >= 15 is 0 Å². The van der Waals surface area contributed by atoms with Crippen molar-refractivity contribution in [2.75, 3.05) is 19.6 Å². The van der Waals surface area contributed by atoms with Gasteiger partial charge in [-0.25, -0.2) is 0 Å². The fourth-order valence-corrected chi connectivity index (χ4v) is 3.90. The molecule has 2 amide bonds. The maximum atomic E-state index is 12.7. The lowest BCUT2D eigenvalue weighted by Crippen LogP contribution is -2.65. The number of hydrogen-bond acceptors (Lipinski definition) is 2. The average Bonchev–Trinajstić information content (AvgIpc) is 2.63. The van der Waals surface area contributed by atoms with E-state index in [9.17, 15) is 9.59 Å². The quantitative estimate of drug-likeness (QED) is 0.847. The zero-order valence-electron chi connectivity index (χ0n) is 14.4. The van der Waals surface area contributed by atoms with E-state index in [2.05, 4.69) is 0 Å². The third kappa shape index (κ3) is 2.93. The molecule has 0 unspecified atom stereocenters. The molecule has 0 bridgehead atoms. The summed E-state index contributed by atoms with van der Waals surface area (Å²) >= 11 is 0. The van der Waals surface area contributed by atoms with Gasteiger partial charge in [0.05, 0.1) is 0 Å². The number of fused-ring (bicyclic) bond motifs is 1. The number of nitrogens with zero attached hydrogens (tertiary/aromatic N) is 2. The molecule has 0 saturated carbocycles. The molecular formula is C21H22N2O2. The maximum absolute atomic E-state index is 12.7. The van der Waals surface area contributed by atoms with Gasteiger partial charge in [-0.05, 0) is 37.6 Å². The molecule has 0 N–H and O–H groups in total. The molecule has 4 nitrogen and oxygen atoms in total. The van der Waals surface area contributed by atoms with Gasteiger partial charge in [0.1, 0.15) is 0 Å². The Morgan fingerprint density at radius 1 is 0.880 bits per heavy atom. The molecule has 2 aromatic carbocycles. The minimum atomic E-state index is 0.103. The summed E-state index contributed by atoms with van der Waals surface area (Å²) in [6, 6.07) is 17.5. The van der Waals surface area contributed by atoms with Gasteiger partial charge in [-0.3, -0.25) is 9.59 Å². The number of hydrogen-bond donors (Lipinski definition) is 0. The monoisotopic (exact) mass is 334 g/mol. The van der Waals surface area contributed by atoms with Gasteiger partial charge in [-0.15, -0.1) is 0 Å². The van der Waals surface area contributed by atoms with E-state index < -0.39 is 0 Å². The highest BCUT2D eigenvalue weighted by Gasteiger charge is 2.45. The Morgan fingerprint density at radius 2 is 1.56 bits per heavy atom. The molecule has 128 valence electrons. The van der Waals surface area contributed by atoms with Crippen LogP contribution in [0.25, 0.3) is 0 Å². The number of rotatable bonds is 2. The summed E-state index contributed by atoms with van der Waals surface area (Å²) in [6.45, 7) is 4.23. The van der Waals surface area contributed by atoms with Gasteiger partial charge >= 0.3 is 0 Å². The first-order valence-electron chi connectivity index (χ1n) is 8.85. The number of benzene rings is 2. The first kappa shape index (κ1) is 15.9. The number of aryl methyl sites for hydroxylation is 1. The first-order chi connectivity index (χ1) is 12.1. The molecule has 2 aliphatic rings. The van der Waals surface area contributed by atoms with E-state index in [1.165, 1.54) is 0 Å². The molecule has 0 aliphatic carbocycles. The van der Waals surface area contributed by atoms with E-state index in [-0.39, 0.29) is 17.9 Å². The van der Waals surface area contributed by atoms with Gasteiger partial charge in [0.2, 0.25) is 0 Å². The predicted molar refractivity (Wildman–Crippen MR) is 96.5 cm³/mol. The van der Waals surface area contributed by atoms with Crippen LogP contribution in [0.2, 0.25) is 0 Å². The predicted octanol–water partition coefficient (Wildman–Crippen LogP) is 2.98. The van der Waals surface area contributed by atoms with Crippen molar-refractivity contribution in [3.63, 3.8) is 0 Å². The summed E-state index contributed by atoms with van der Waals surface area (Å²) in [5.41, 5.74) is 2.66. The third-order valence-corrected chi connectivity index (χ3v) is 5.39. The summed E-state index contributed by atoms with van der Waals surface area (Å²) < 4.78 is 0. The lowest BCUT2D eigenvalue weighted by Gasteiger charge is -2.53. The molecule has 2 fully saturated rings. The Labute approximate surface area is 148 Å². The third-order valence-electron chi connectivity index (χ3n) is 5.39. The minimum absolute atomic E-state index is 0.103.